The molecule has 1 saturated heterocycles. The predicted octanol–water partition coefficient (Wildman–Crippen LogP) is 5.65. The highest BCUT2D eigenvalue weighted by molar-refractivity contribution is 14.1. The van der Waals surface area contributed by atoms with Crippen molar-refractivity contribution in [3.05, 3.63) is 97.9 Å². The lowest BCUT2D eigenvalue weighted by molar-refractivity contribution is -0.122. The van der Waals surface area contributed by atoms with E-state index in [9.17, 15) is 18.8 Å². The van der Waals surface area contributed by atoms with Crippen LogP contribution in [0, 0.1) is 9.39 Å². The average molecular weight is 598 g/mol. The fraction of sp³-hybridized carbons (Fsp3) is 0.179. The first-order valence-corrected chi connectivity index (χ1v) is 12.6. The molecule has 3 aromatic carbocycles. The first-order valence-electron chi connectivity index (χ1n) is 11.5. The van der Waals surface area contributed by atoms with Crippen LogP contribution in [0.15, 0.2) is 66.2 Å². The maximum absolute atomic E-state index is 14.3. The van der Waals surface area contributed by atoms with Gasteiger partial charge in [0.15, 0.2) is 0 Å². The van der Waals surface area contributed by atoms with Gasteiger partial charge in [-0.3, -0.25) is 14.9 Å². The number of imide groups is 2. The van der Waals surface area contributed by atoms with E-state index in [1.165, 1.54) is 12.1 Å². The van der Waals surface area contributed by atoms with Gasteiger partial charge in [0, 0.05) is 15.6 Å². The minimum Gasteiger partial charge on any atom is -0.494 e. The molecule has 36 heavy (non-hydrogen) atoms. The fourth-order valence-electron chi connectivity index (χ4n) is 4.07. The zero-order valence-corrected chi connectivity index (χ0v) is 22.0. The third-order valence-electron chi connectivity index (χ3n) is 5.83. The summed E-state index contributed by atoms with van der Waals surface area (Å²) in [6.45, 7) is 4.15. The van der Waals surface area contributed by atoms with Gasteiger partial charge in [-0.2, -0.15) is 0 Å². The molecule has 3 aromatic rings. The summed E-state index contributed by atoms with van der Waals surface area (Å²) in [5, 5.41) is 2.27. The summed E-state index contributed by atoms with van der Waals surface area (Å²) >= 11 is 2.14. The van der Waals surface area contributed by atoms with Gasteiger partial charge in [-0.1, -0.05) is 43.3 Å². The molecule has 8 heteroatoms. The Bertz CT molecular complexity index is 1390. The Balaban J connectivity index is 1.74. The van der Waals surface area contributed by atoms with Crippen molar-refractivity contribution in [1.29, 1.82) is 0 Å². The van der Waals surface area contributed by atoms with E-state index in [4.69, 9.17) is 4.74 Å². The Morgan fingerprint density at radius 1 is 1.00 bits per heavy atom. The predicted molar refractivity (Wildman–Crippen MR) is 144 cm³/mol. The highest BCUT2D eigenvalue weighted by Gasteiger charge is 2.37. The second-order valence-corrected chi connectivity index (χ2v) is 9.28. The lowest BCUT2D eigenvalue weighted by Crippen LogP contribution is -2.54. The molecular weight excluding hydrogens is 574 g/mol. The van der Waals surface area contributed by atoms with Gasteiger partial charge in [-0.25, -0.2) is 14.1 Å². The molecule has 1 heterocycles. The summed E-state index contributed by atoms with van der Waals surface area (Å²) in [6, 6.07) is 16.4. The zero-order chi connectivity index (χ0) is 25.8. The molecule has 0 bridgehead atoms. The largest absolute Gasteiger partial charge is 0.494 e. The molecule has 6 nitrogen and oxygen atoms in total. The van der Waals surface area contributed by atoms with E-state index in [0.717, 1.165) is 19.6 Å². The summed E-state index contributed by atoms with van der Waals surface area (Å²) in [5.74, 6) is -1.23. The molecule has 0 saturated carbocycles. The Kier molecular flexibility index (Phi) is 7.83. The number of barbiturate groups is 1. The van der Waals surface area contributed by atoms with Crippen LogP contribution < -0.4 is 15.0 Å². The maximum atomic E-state index is 14.3. The molecule has 4 rings (SSSR count). The first-order chi connectivity index (χ1) is 17.3. The summed E-state index contributed by atoms with van der Waals surface area (Å²) < 4.78 is 20.9. The molecule has 4 amide bonds. The van der Waals surface area contributed by atoms with E-state index >= 15 is 0 Å². The summed E-state index contributed by atoms with van der Waals surface area (Å²) in [7, 11) is 0. The first kappa shape index (κ1) is 25.6. The number of rotatable bonds is 7. The fourth-order valence-corrected chi connectivity index (χ4v) is 4.89. The zero-order valence-electron chi connectivity index (χ0n) is 19.8. The van der Waals surface area contributed by atoms with Gasteiger partial charge in [-0.15, -0.1) is 0 Å². The molecule has 1 N–H and O–H groups in total. The van der Waals surface area contributed by atoms with Gasteiger partial charge in [-0.05, 0) is 83.0 Å². The number of nitrogens with one attached hydrogen (secondary N) is 1. The van der Waals surface area contributed by atoms with E-state index in [-0.39, 0.29) is 11.4 Å². The second kappa shape index (κ2) is 11.0. The van der Waals surface area contributed by atoms with Crippen LogP contribution in [0.2, 0.25) is 0 Å². The van der Waals surface area contributed by atoms with E-state index in [1.54, 1.807) is 42.5 Å². The van der Waals surface area contributed by atoms with Crippen LogP contribution in [-0.2, 0) is 22.4 Å². The molecule has 0 aliphatic carbocycles. The van der Waals surface area contributed by atoms with Crippen LogP contribution in [0.25, 0.3) is 6.08 Å². The van der Waals surface area contributed by atoms with Crippen molar-refractivity contribution < 1.29 is 23.5 Å². The lowest BCUT2D eigenvalue weighted by atomic mass is 10.00. The molecule has 0 spiro atoms. The number of halogens is 2. The Labute approximate surface area is 222 Å². The van der Waals surface area contributed by atoms with Gasteiger partial charge in [0.25, 0.3) is 11.8 Å². The molecule has 0 radical (unpaired) electrons. The van der Waals surface area contributed by atoms with Crippen molar-refractivity contribution in [2.45, 2.75) is 26.7 Å². The topological polar surface area (TPSA) is 75.7 Å². The molecular formula is C28H24FIN2O4. The highest BCUT2D eigenvalue weighted by Crippen LogP contribution is 2.32. The summed E-state index contributed by atoms with van der Waals surface area (Å²) in [6.07, 6.45) is 2.38. The third kappa shape index (κ3) is 5.18. The molecule has 1 fully saturated rings. The third-order valence-corrected chi connectivity index (χ3v) is 6.79. The van der Waals surface area contributed by atoms with Gasteiger partial charge in [0.1, 0.15) is 17.1 Å². The normalized spacial score (nSPS) is 14.8. The average Bonchev–Trinajstić information content (AvgIpc) is 2.85. The number of anilines is 1. The van der Waals surface area contributed by atoms with Gasteiger partial charge < -0.3 is 4.74 Å². The van der Waals surface area contributed by atoms with Gasteiger partial charge in [0.2, 0.25) is 0 Å². The molecule has 1 aliphatic rings. The minimum atomic E-state index is -0.784. The Morgan fingerprint density at radius 2 is 1.69 bits per heavy atom. The van der Waals surface area contributed by atoms with E-state index in [0.29, 0.717) is 42.0 Å². The van der Waals surface area contributed by atoms with Gasteiger partial charge in [0.05, 0.1) is 12.3 Å². The van der Waals surface area contributed by atoms with Crippen molar-refractivity contribution >= 4 is 52.2 Å². The number of benzene rings is 3. The van der Waals surface area contributed by atoms with E-state index < -0.39 is 17.8 Å². The van der Waals surface area contributed by atoms with Crippen molar-refractivity contribution in [3.8, 4) is 5.75 Å². The number of nitrogens with zero attached hydrogens (tertiary/aromatic N) is 1. The maximum Gasteiger partial charge on any atom is 0.335 e. The van der Waals surface area contributed by atoms with Crippen LogP contribution in [0.1, 0.15) is 36.1 Å². The van der Waals surface area contributed by atoms with Crippen molar-refractivity contribution in [2.24, 2.45) is 0 Å². The van der Waals surface area contributed by atoms with Crippen molar-refractivity contribution in [3.63, 3.8) is 0 Å². The van der Waals surface area contributed by atoms with Crippen LogP contribution in [0.5, 0.6) is 5.75 Å². The molecule has 0 atom stereocenters. The summed E-state index contributed by atoms with van der Waals surface area (Å²) in [5.41, 5.74) is 2.97. The van der Waals surface area contributed by atoms with Crippen molar-refractivity contribution in [2.75, 3.05) is 11.5 Å². The van der Waals surface area contributed by atoms with Crippen LogP contribution in [0.4, 0.5) is 14.9 Å². The quantitative estimate of drug-likeness (QED) is 0.217. The smallest absolute Gasteiger partial charge is 0.335 e. The standard InChI is InChI=1S/C28H24FIN2O4/c1-3-18-9-6-8-12-24(18)32-27(34)21(26(33)31-28(32)35)13-17-14-23(30)20(25(15-17)36-4-2)16-19-10-5-7-11-22(19)29/h5-15H,3-4,16H2,1-2H3,(H,31,33,35)/b21-13-. The monoisotopic (exact) mass is 598 g/mol. The number of ether oxygens (including phenoxy) is 1. The van der Waals surface area contributed by atoms with E-state index in [1.807, 2.05) is 26.0 Å². The number of carbonyl (C=O) groups is 3. The van der Waals surface area contributed by atoms with Crippen LogP contribution in [0.3, 0.4) is 0 Å². The lowest BCUT2D eigenvalue weighted by Gasteiger charge is -2.28. The number of carbonyl (C=O) groups excluding carboxylic acids is 3. The Hall–Kier alpha value is -3.53. The number of urea groups is 1. The number of amides is 4. The second-order valence-electron chi connectivity index (χ2n) is 8.12. The number of hydrogen-bond acceptors (Lipinski definition) is 4. The van der Waals surface area contributed by atoms with Crippen molar-refractivity contribution in [1.82, 2.24) is 5.32 Å². The molecule has 0 unspecified atom stereocenters. The number of para-hydroxylation sites is 1. The van der Waals surface area contributed by atoms with Gasteiger partial charge >= 0.3 is 6.03 Å². The van der Waals surface area contributed by atoms with Crippen LogP contribution in [-0.4, -0.2) is 24.5 Å². The molecule has 0 aromatic heterocycles. The summed E-state index contributed by atoms with van der Waals surface area (Å²) in [4.78, 5) is 39.6. The highest BCUT2D eigenvalue weighted by atomic mass is 127. The number of hydrogen-bond donors (Lipinski definition) is 1. The SMILES string of the molecule is CCOc1cc(/C=C2/C(=O)NC(=O)N(c3ccccc3CC)C2=O)cc(I)c1Cc1ccccc1F. The number of aryl methyl sites for hydroxylation is 1. The minimum absolute atomic E-state index is 0.166. The molecule has 1 aliphatic heterocycles. The molecule has 184 valence electrons. The van der Waals surface area contributed by atoms with E-state index in [2.05, 4.69) is 27.9 Å². The Morgan fingerprint density at radius 3 is 2.39 bits per heavy atom. The van der Waals surface area contributed by atoms with Crippen LogP contribution >= 0.6 is 22.6 Å².